The summed E-state index contributed by atoms with van der Waals surface area (Å²) in [5, 5.41) is 0. The molecule has 3 saturated carbocycles. The highest BCUT2D eigenvalue weighted by atomic mass is 16.5. The molecule has 0 aromatic rings. The van der Waals surface area contributed by atoms with Crippen LogP contribution in [-0.4, -0.2) is 19.0 Å². The number of carbonyl (C=O) groups is 1. The van der Waals surface area contributed by atoms with E-state index in [-0.39, 0.29) is 0 Å². The average molecular weight is 154 g/mol. The Morgan fingerprint density at radius 1 is 1.45 bits per heavy atom. The van der Waals surface area contributed by atoms with Gasteiger partial charge in [0.1, 0.15) is 5.78 Å². The van der Waals surface area contributed by atoms with E-state index in [0.717, 1.165) is 19.3 Å². The fourth-order valence-corrected chi connectivity index (χ4v) is 2.43. The first-order valence-electron chi connectivity index (χ1n) is 4.36. The van der Waals surface area contributed by atoms with Crippen LogP contribution >= 0.6 is 0 Å². The first-order chi connectivity index (χ1) is 5.31. The van der Waals surface area contributed by atoms with Crippen molar-refractivity contribution in [1.82, 2.24) is 0 Å². The van der Waals surface area contributed by atoms with Crippen molar-refractivity contribution in [3.05, 3.63) is 0 Å². The van der Waals surface area contributed by atoms with E-state index in [4.69, 9.17) is 4.74 Å². The maximum absolute atomic E-state index is 11.3. The largest absolute Gasteiger partial charge is 0.381 e. The van der Waals surface area contributed by atoms with E-state index in [1.54, 1.807) is 7.11 Å². The fraction of sp³-hybridized carbons (Fsp3) is 0.889. The number of hydrogen-bond donors (Lipinski definition) is 0. The first-order valence-corrected chi connectivity index (χ1v) is 4.36. The van der Waals surface area contributed by atoms with Gasteiger partial charge in [-0.2, -0.15) is 0 Å². The summed E-state index contributed by atoms with van der Waals surface area (Å²) >= 11 is 0. The van der Waals surface area contributed by atoms with Gasteiger partial charge in [0.05, 0.1) is 6.10 Å². The number of methoxy groups -OCH3 is 1. The number of hydrogen-bond acceptors (Lipinski definition) is 2. The summed E-state index contributed by atoms with van der Waals surface area (Å²) < 4.78 is 5.32. The zero-order chi connectivity index (χ0) is 7.84. The van der Waals surface area contributed by atoms with Crippen LogP contribution in [0.3, 0.4) is 0 Å². The minimum absolute atomic E-state index is 0.338. The van der Waals surface area contributed by atoms with Gasteiger partial charge in [-0.1, -0.05) is 0 Å². The molecule has 0 N–H and O–H groups in total. The third-order valence-electron chi connectivity index (χ3n) is 3.15. The molecule has 3 atom stereocenters. The molecule has 0 aromatic carbocycles. The van der Waals surface area contributed by atoms with Crippen molar-refractivity contribution in [2.75, 3.05) is 7.11 Å². The van der Waals surface area contributed by atoms with E-state index in [1.165, 1.54) is 6.42 Å². The number of fused-ring (bicyclic) bond motifs is 3. The highest BCUT2D eigenvalue weighted by Gasteiger charge is 2.40. The Bertz CT molecular complexity index is 176. The van der Waals surface area contributed by atoms with Gasteiger partial charge < -0.3 is 4.74 Å². The van der Waals surface area contributed by atoms with Crippen LogP contribution in [0, 0.1) is 11.8 Å². The van der Waals surface area contributed by atoms with Crippen molar-refractivity contribution >= 4 is 5.78 Å². The molecule has 0 amide bonds. The average Bonchev–Trinajstić information content (AvgIpc) is 2.05. The normalized spacial score (nSPS) is 43.0. The molecule has 2 nitrogen and oxygen atoms in total. The number of ketones is 1. The van der Waals surface area contributed by atoms with E-state index in [2.05, 4.69) is 0 Å². The molecule has 0 spiro atoms. The second kappa shape index (κ2) is 2.59. The topological polar surface area (TPSA) is 26.3 Å². The second-order valence-corrected chi connectivity index (χ2v) is 3.71. The molecule has 2 heteroatoms. The van der Waals surface area contributed by atoms with Gasteiger partial charge in [0.25, 0.3) is 0 Å². The summed E-state index contributed by atoms with van der Waals surface area (Å²) in [6, 6.07) is 0. The number of carbonyl (C=O) groups excluding carboxylic acids is 1. The molecule has 2 bridgehead atoms. The van der Waals surface area contributed by atoms with Crippen LogP contribution in [0.5, 0.6) is 0 Å². The van der Waals surface area contributed by atoms with Crippen molar-refractivity contribution in [1.29, 1.82) is 0 Å². The van der Waals surface area contributed by atoms with Crippen molar-refractivity contribution in [2.24, 2.45) is 11.8 Å². The van der Waals surface area contributed by atoms with E-state index >= 15 is 0 Å². The van der Waals surface area contributed by atoms with Crippen LogP contribution in [0.15, 0.2) is 0 Å². The molecule has 0 heterocycles. The fourth-order valence-electron chi connectivity index (χ4n) is 2.43. The lowest BCUT2D eigenvalue weighted by Gasteiger charge is -2.40. The van der Waals surface area contributed by atoms with Gasteiger partial charge in [0.15, 0.2) is 0 Å². The Morgan fingerprint density at radius 3 is 2.73 bits per heavy atom. The standard InChI is InChI=1S/C9H14O2/c1-11-9-5-6-2-3-7(9)4-8(6)10/h6-7,9H,2-5H2,1H3. The Hall–Kier alpha value is -0.370. The highest BCUT2D eigenvalue weighted by Crippen LogP contribution is 2.40. The van der Waals surface area contributed by atoms with Gasteiger partial charge in [-0.15, -0.1) is 0 Å². The van der Waals surface area contributed by atoms with Gasteiger partial charge in [0, 0.05) is 19.4 Å². The van der Waals surface area contributed by atoms with Crippen LogP contribution < -0.4 is 0 Å². The summed E-state index contributed by atoms with van der Waals surface area (Å²) in [6.07, 6.45) is 4.47. The van der Waals surface area contributed by atoms with Crippen molar-refractivity contribution < 1.29 is 9.53 Å². The lowest BCUT2D eigenvalue weighted by atomic mass is 9.68. The van der Waals surface area contributed by atoms with E-state index in [0.29, 0.717) is 23.7 Å². The molecule has 0 saturated heterocycles. The smallest absolute Gasteiger partial charge is 0.136 e. The summed E-state index contributed by atoms with van der Waals surface area (Å²) in [4.78, 5) is 11.3. The van der Waals surface area contributed by atoms with E-state index in [1.807, 2.05) is 0 Å². The van der Waals surface area contributed by atoms with Gasteiger partial charge >= 0.3 is 0 Å². The number of ether oxygens (including phenoxy) is 1. The van der Waals surface area contributed by atoms with Crippen LogP contribution in [0.2, 0.25) is 0 Å². The Labute approximate surface area is 66.9 Å². The minimum Gasteiger partial charge on any atom is -0.381 e. The Morgan fingerprint density at radius 2 is 2.27 bits per heavy atom. The van der Waals surface area contributed by atoms with Gasteiger partial charge in [-0.05, 0) is 25.2 Å². The highest BCUT2D eigenvalue weighted by molar-refractivity contribution is 5.83. The summed E-state index contributed by atoms with van der Waals surface area (Å²) in [6.45, 7) is 0. The quantitative estimate of drug-likeness (QED) is 0.570. The molecule has 62 valence electrons. The van der Waals surface area contributed by atoms with E-state index < -0.39 is 0 Å². The molecule has 3 fully saturated rings. The lowest BCUT2D eigenvalue weighted by Crippen LogP contribution is -2.41. The first kappa shape index (κ1) is 7.29. The molecular formula is C9H14O2. The van der Waals surface area contributed by atoms with E-state index in [9.17, 15) is 4.79 Å². The van der Waals surface area contributed by atoms with Crippen molar-refractivity contribution in [3.63, 3.8) is 0 Å². The second-order valence-electron chi connectivity index (χ2n) is 3.71. The van der Waals surface area contributed by atoms with Gasteiger partial charge in [-0.3, -0.25) is 4.79 Å². The zero-order valence-corrected chi connectivity index (χ0v) is 6.88. The molecule has 3 aliphatic rings. The monoisotopic (exact) mass is 154 g/mol. The van der Waals surface area contributed by atoms with Crippen LogP contribution in [-0.2, 0) is 9.53 Å². The lowest BCUT2D eigenvalue weighted by molar-refractivity contribution is -0.136. The van der Waals surface area contributed by atoms with Crippen LogP contribution in [0.25, 0.3) is 0 Å². The van der Waals surface area contributed by atoms with Crippen molar-refractivity contribution in [2.45, 2.75) is 31.8 Å². The molecule has 3 rings (SSSR count). The zero-order valence-electron chi connectivity index (χ0n) is 6.88. The number of rotatable bonds is 1. The molecular weight excluding hydrogens is 140 g/mol. The molecule has 0 aliphatic heterocycles. The third kappa shape index (κ3) is 1.09. The molecule has 0 aromatic heterocycles. The maximum Gasteiger partial charge on any atom is 0.136 e. The van der Waals surface area contributed by atoms with Gasteiger partial charge in [0.2, 0.25) is 0 Å². The molecule has 11 heavy (non-hydrogen) atoms. The Kier molecular flexibility index (Phi) is 1.72. The SMILES string of the molecule is COC1CC2CCC1CC2=O. The number of Topliss-reactive ketones (excluding diaryl/α,β-unsaturated/α-hetero) is 1. The summed E-state index contributed by atoms with van der Waals surface area (Å²) in [5.74, 6) is 1.36. The third-order valence-corrected chi connectivity index (χ3v) is 3.15. The minimum atomic E-state index is 0.338. The summed E-state index contributed by atoms with van der Waals surface area (Å²) in [5.41, 5.74) is 0. The van der Waals surface area contributed by atoms with Crippen LogP contribution in [0.4, 0.5) is 0 Å². The van der Waals surface area contributed by atoms with Gasteiger partial charge in [-0.25, -0.2) is 0 Å². The molecule has 0 radical (unpaired) electrons. The predicted molar refractivity (Wildman–Crippen MR) is 41.3 cm³/mol. The molecule has 3 unspecified atom stereocenters. The molecule has 3 aliphatic carbocycles. The van der Waals surface area contributed by atoms with Crippen molar-refractivity contribution in [3.8, 4) is 0 Å². The maximum atomic E-state index is 11.3. The summed E-state index contributed by atoms with van der Waals surface area (Å²) in [7, 11) is 1.76. The van der Waals surface area contributed by atoms with Crippen LogP contribution in [0.1, 0.15) is 25.7 Å². The predicted octanol–water partition coefficient (Wildman–Crippen LogP) is 1.39. The Balaban J connectivity index is 2.10.